The Morgan fingerprint density at radius 1 is 1.04 bits per heavy atom. The van der Waals surface area contributed by atoms with E-state index in [1.807, 2.05) is 19.1 Å². The number of likely N-dealkylation sites (tertiary alicyclic amines) is 1. The third-order valence-corrected chi connectivity index (χ3v) is 12.2. The van der Waals surface area contributed by atoms with Crippen molar-refractivity contribution in [2.45, 2.75) is 107 Å². The smallest absolute Gasteiger partial charge is 0.408 e. The van der Waals surface area contributed by atoms with Gasteiger partial charge in [-0.2, -0.15) is 0 Å². The molecule has 1 aromatic carbocycles. The summed E-state index contributed by atoms with van der Waals surface area (Å²) < 4.78 is 33.9. The molecule has 0 unspecified atom stereocenters. The van der Waals surface area contributed by atoms with Gasteiger partial charge in [-0.15, -0.1) is 0 Å². The molecule has 55 heavy (non-hydrogen) atoms. The van der Waals surface area contributed by atoms with Gasteiger partial charge in [-0.25, -0.2) is 9.59 Å². The first-order chi connectivity index (χ1) is 26.4. The van der Waals surface area contributed by atoms with Crippen molar-refractivity contribution < 1.29 is 47.6 Å². The maximum Gasteiger partial charge on any atom is 0.408 e. The van der Waals surface area contributed by atoms with Gasteiger partial charge in [-0.3, -0.25) is 14.6 Å². The number of carbonyl (C=O) groups excluding carboxylic acids is 4. The fourth-order valence-electron chi connectivity index (χ4n) is 8.35. The van der Waals surface area contributed by atoms with Crippen molar-refractivity contribution in [2.75, 3.05) is 34.5 Å². The van der Waals surface area contributed by atoms with E-state index in [-0.39, 0.29) is 37.5 Å². The first-order valence-electron chi connectivity index (χ1n) is 19.2. The highest BCUT2D eigenvalue weighted by molar-refractivity contribution is 6.36. The second kappa shape index (κ2) is 15.8. The number of rotatable bonds is 16. The molecule has 1 saturated heterocycles. The lowest BCUT2D eigenvalue weighted by Gasteiger charge is -2.30. The lowest BCUT2D eigenvalue weighted by molar-refractivity contribution is -0.148. The van der Waals surface area contributed by atoms with E-state index in [0.717, 1.165) is 31.4 Å². The number of hydrogen-bond donors (Lipinski definition) is 2. The molecule has 7 rings (SSSR count). The summed E-state index contributed by atoms with van der Waals surface area (Å²) in [6.45, 7) is 7.70. The highest BCUT2D eigenvalue weighted by Gasteiger charge is 2.62. The standard InChI is InChI=1S/C40H51ClN4O10/c1-7-24-17-40(24,38(48)52-6)44-36(46)29-15-26(18-45(29)37(47)34(20(2)3)43-39(49)55-25-13-22-12-23(22)14-25)54-31-16-28(21-8-9-21)42-35-27(31)10-11-30(33(35)41)53-19-32(50-4)51-5/h10-11,16,21-26,29,32,34H,2,7-9,12-15,17-19H2,1,3-6H3,(H,43,49)(H,44,46)/t22-,23+,24-,25+,26-,29+,34+,40-/m1/s1. The molecule has 4 saturated carbocycles. The number of carbonyl (C=O) groups is 4. The number of pyridine rings is 1. The van der Waals surface area contributed by atoms with E-state index in [9.17, 15) is 19.2 Å². The lowest BCUT2D eigenvalue weighted by atomic mass is 10.1. The Kier molecular flexibility index (Phi) is 11.2. The third-order valence-electron chi connectivity index (χ3n) is 11.9. The molecule has 5 aliphatic rings. The van der Waals surface area contributed by atoms with Crippen molar-refractivity contribution in [1.82, 2.24) is 20.5 Å². The van der Waals surface area contributed by atoms with Gasteiger partial charge in [0.05, 0.1) is 19.2 Å². The van der Waals surface area contributed by atoms with Crippen LogP contribution in [0.5, 0.6) is 11.5 Å². The minimum Gasteiger partial charge on any atom is -0.488 e. The van der Waals surface area contributed by atoms with Crippen LogP contribution in [0.4, 0.5) is 4.79 Å². The summed E-state index contributed by atoms with van der Waals surface area (Å²) in [6, 6.07) is 3.24. The summed E-state index contributed by atoms with van der Waals surface area (Å²) in [6.07, 6.45) is 3.84. The van der Waals surface area contributed by atoms with Gasteiger partial charge in [0.15, 0.2) is 6.29 Å². The average molecular weight is 783 g/mol. The quantitative estimate of drug-likeness (QED) is 0.133. The van der Waals surface area contributed by atoms with E-state index >= 15 is 0 Å². The third kappa shape index (κ3) is 8.08. The van der Waals surface area contributed by atoms with E-state index in [2.05, 4.69) is 17.2 Å². The number of nitrogens with one attached hydrogen (secondary N) is 2. The van der Waals surface area contributed by atoms with Gasteiger partial charge in [0.1, 0.15) is 53.0 Å². The number of hydrogen-bond acceptors (Lipinski definition) is 11. The van der Waals surface area contributed by atoms with E-state index in [1.165, 1.54) is 32.7 Å². The van der Waals surface area contributed by atoms with Crippen molar-refractivity contribution in [3.63, 3.8) is 0 Å². The van der Waals surface area contributed by atoms with Crippen LogP contribution in [0.25, 0.3) is 10.9 Å². The molecular weight excluding hydrogens is 732 g/mol. The van der Waals surface area contributed by atoms with Crippen molar-refractivity contribution in [2.24, 2.45) is 17.8 Å². The summed E-state index contributed by atoms with van der Waals surface area (Å²) in [5, 5.41) is 6.59. The van der Waals surface area contributed by atoms with Crippen molar-refractivity contribution in [1.29, 1.82) is 0 Å². The molecule has 1 aromatic heterocycles. The van der Waals surface area contributed by atoms with E-state index in [1.54, 1.807) is 13.0 Å². The first kappa shape index (κ1) is 39.1. The van der Waals surface area contributed by atoms with Gasteiger partial charge in [-0.05, 0) is 80.9 Å². The Hall–Kier alpha value is -4.14. The molecule has 1 aliphatic heterocycles. The number of halogens is 1. The van der Waals surface area contributed by atoms with Gasteiger partial charge in [0, 0.05) is 43.7 Å². The molecule has 4 aliphatic carbocycles. The van der Waals surface area contributed by atoms with Crippen LogP contribution >= 0.6 is 11.6 Å². The van der Waals surface area contributed by atoms with Crippen LogP contribution in [0, 0.1) is 17.8 Å². The minimum absolute atomic E-state index is 0.0127. The van der Waals surface area contributed by atoms with Crippen molar-refractivity contribution in [3.8, 4) is 11.5 Å². The summed E-state index contributed by atoms with van der Waals surface area (Å²) >= 11 is 6.90. The number of aromatic nitrogens is 1. The second-order valence-corrected chi connectivity index (χ2v) is 16.1. The summed E-state index contributed by atoms with van der Waals surface area (Å²) in [4.78, 5) is 61.0. The van der Waals surface area contributed by atoms with Gasteiger partial charge < -0.3 is 44.0 Å². The second-order valence-electron chi connectivity index (χ2n) is 15.7. The first-order valence-corrected chi connectivity index (χ1v) is 19.6. The Morgan fingerprint density at radius 3 is 2.38 bits per heavy atom. The van der Waals surface area contributed by atoms with Crippen LogP contribution in [-0.4, -0.2) is 104 Å². The molecule has 8 atom stereocenters. The number of amides is 3. The molecule has 0 radical (unpaired) electrons. The Morgan fingerprint density at radius 2 is 1.76 bits per heavy atom. The van der Waals surface area contributed by atoms with E-state index < -0.39 is 53.9 Å². The summed E-state index contributed by atoms with van der Waals surface area (Å²) in [5.74, 6) is 0.697. The molecule has 2 heterocycles. The maximum absolute atomic E-state index is 14.4. The van der Waals surface area contributed by atoms with Gasteiger partial charge >= 0.3 is 12.1 Å². The predicted molar refractivity (Wildman–Crippen MR) is 201 cm³/mol. The molecule has 3 amide bonds. The topological polar surface area (TPSA) is 164 Å². The van der Waals surface area contributed by atoms with Gasteiger partial charge in [0.25, 0.3) is 0 Å². The zero-order valence-electron chi connectivity index (χ0n) is 32.1. The minimum atomic E-state index is -1.17. The van der Waals surface area contributed by atoms with E-state index in [4.69, 9.17) is 45.0 Å². The predicted octanol–water partition coefficient (Wildman–Crippen LogP) is 5.04. The largest absolute Gasteiger partial charge is 0.488 e. The Labute approximate surface area is 325 Å². The number of methoxy groups -OCH3 is 3. The number of esters is 1. The molecule has 298 valence electrons. The van der Waals surface area contributed by atoms with Crippen LogP contribution in [0.1, 0.15) is 76.8 Å². The number of fused-ring (bicyclic) bond motifs is 2. The van der Waals surface area contributed by atoms with Crippen molar-refractivity contribution in [3.05, 3.63) is 41.1 Å². The van der Waals surface area contributed by atoms with Crippen LogP contribution in [-0.2, 0) is 33.3 Å². The molecule has 0 spiro atoms. The highest BCUT2D eigenvalue weighted by atomic mass is 35.5. The van der Waals surface area contributed by atoms with Crippen LogP contribution in [0.3, 0.4) is 0 Å². The molecule has 2 aromatic rings. The summed E-state index contributed by atoms with van der Waals surface area (Å²) in [5.41, 5.74) is 0.519. The van der Waals surface area contributed by atoms with Crippen LogP contribution in [0.2, 0.25) is 5.02 Å². The number of alkyl carbamates (subject to hydrolysis) is 1. The number of nitrogens with zero attached hydrogens (tertiary/aromatic N) is 2. The van der Waals surface area contributed by atoms with Crippen LogP contribution in [0.15, 0.2) is 30.4 Å². The van der Waals surface area contributed by atoms with E-state index in [0.29, 0.717) is 57.7 Å². The Bertz CT molecular complexity index is 1840. The SMILES string of the molecule is C=C(C)[C@H](NC(=O)O[C@@H]1C[C@@H]2C[C@@H]2C1)C(=O)N1C[C@H](Oc2cc(C3CC3)nc3c(Cl)c(OCC(OC)OC)ccc23)C[C@H]1C(=O)N[C@]1(C(=O)OC)C[C@H]1CC. The summed E-state index contributed by atoms with van der Waals surface area (Å²) in [7, 11) is 4.33. The zero-order chi connectivity index (χ0) is 39.2. The maximum atomic E-state index is 14.4. The fraction of sp³-hybridized carbons (Fsp3) is 0.625. The van der Waals surface area contributed by atoms with Gasteiger partial charge in [-0.1, -0.05) is 31.5 Å². The average Bonchev–Trinajstić information content (AvgIpc) is 4.14. The molecule has 5 fully saturated rings. The number of benzene rings is 1. The van der Waals surface area contributed by atoms with Crippen molar-refractivity contribution >= 4 is 46.4 Å². The zero-order valence-corrected chi connectivity index (χ0v) is 32.8. The number of ether oxygens (including phenoxy) is 6. The Balaban J connectivity index is 1.15. The molecular formula is C40H51ClN4O10. The highest BCUT2D eigenvalue weighted by Crippen LogP contribution is 2.52. The van der Waals surface area contributed by atoms with Gasteiger partial charge in [0.2, 0.25) is 11.8 Å². The lowest BCUT2D eigenvalue weighted by Crippen LogP contribution is -2.56. The monoisotopic (exact) mass is 782 g/mol. The molecule has 0 bridgehead atoms. The molecule has 14 nitrogen and oxygen atoms in total. The van der Waals surface area contributed by atoms with Crippen LogP contribution < -0.4 is 20.1 Å². The molecule has 2 N–H and O–H groups in total. The normalized spacial score (nSPS) is 28.3. The molecule has 15 heteroatoms. The fourth-order valence-corrected chi connectivity index (χ4v) is 8.61.